The lowest BCUT2D eigenvalue weighted by molar-refractivity contribution is 0.552. The van der Waals surface area contributed by atoms with Crippen molar-refractivity contribution >= 4 is 23.5 Å². The van der Waals surface area contributed by atoms with Crippen molar-refractivity contribution in [3.63, 3.8) is 0 Å². The molecule has 0 saturated heterocycles. The third kappa shape index (κ3) is 3.16. The number of nitrogens with two attached hydrogens (primary N) is 1. The molecule has 1 rings (SSSR count). The number of hydrogen-bond acceptors (Lipinski definition) is 3. The van der Waals surface area contributed by atoms with Crippen molar-refractivity contribution < 1.29 is 0 Å². The number of thiocarbonyl (C=S) groups is 1. The van der Waals surface area contributed by atoms with Crippen LogP contribution in [-0.4, -0.2) is 28.4 Å². The predicted octanol–water partition coefficient (Wildman–Crippen LogP) is 0.591. The highest BCUT2D eigenvalue weighted by molar-refractivity contribution is 7.80. The number of hydrogen-bond donors (Lipinski definition) is 1. The molecule has 0 amide bonds. The molecule has 0 radical (unpaired) electrons. The van der Waals surface area contributed by atoms with Crippen molar-refractivity contribution in [1.29, 1.82) is 0 Å². The van der Waals surface area contributed by atoms with E-state index in [0.29, 0.717) is 0 Å². The van der Waals surface area contributed by atoms with Gasteiger partial charge in [0.25, 0.3) is 0 Å². The van der Waals surface area contributed by atoms with Crippen LogP contribution in [0.1, 0.15) is 5.56 Å². The summed E-state index contributed by atoms with van der Waals surface area (Å²) in [4.78, 5) is 3.93. The zero-order valence-corrected chi connectivity index (χ0v) is 8.03. The van der Waals surface area contributed by atoms with E-state index in [1.807, 2.05) is 12.1 Å². The van der Waals surface area contributed by atoms with Crippen molar-refractivity contribution in [1.82, 2.24) is 9.99 Å². The van der Waals surface area contributed by atoms with Crippen LogP contribution in [0.25, 0.3) is 0 Å². The Morgan fingerprint density at radius 1 is 1.77 bits per heavy atom. The SMILES string of the molecule is CN(/N=C/c1cccnc1)C(N)=S. The zero-order chi connectivity index (χ0) is 9.68. The average Bonchev–Trinajstić information content (AvgIpc) is 2.15. The van der Waals surface area contributed by atoms with Gasteiger partial charge < -0.3 is 5.73 Å². The standard InChI is InChI=1S/C8H10N4S/c1-12(8(9)13)11-6-7-3-2-4-10-5-7/h2-6H,1H3,(H2,9,13)/b11-6+. The van der Waals surface area contributed by atoms with Crippen LogP contribution < -0.4 is 5.73 Å². The molecule has 13 heavy (non-hydrogen) atoms. The second kappa shape index (κ2) is 4.51. The molecule has 0 spiro atoms. The van der Waals surface area contributed by atoms with E-state index < -0.39 is 0 Å². The largest absolute Gasteiger partial charge is 0.375 e. The summed E-state index contributed by atoms with van der Waals surface area (Å²) in [5, 5.41) is 5.65. The van der Waals surface area contributed by atoms with Crippen LogP contribution in [0.3, 0.4) is 0 Å². The molecule has 0 fully saturated rings. The number of pyridine rings is 1. The Morgan fingerprint density at radius 2 is 2.54 bits per heavy atom. The van der Waals surface area contributed by atoms with Gasteiger partial charge in [-0.3, -0.25) is 4.98 Å². The van der Waals surface area contributed by atoms with E-state index in [1.54, 1.807) is 25.7 Å². The van der Waals surface area contributed by atoms with E-state index >= 15 is 0 Å². The minimum Gasteiger partial charge on any atom is -0.375 e. The summed E-state index contributed by atoms with van der Waals surface area (Å²) in [6.07, 6.45) is 5.05. The summed E-state index contributed by atoms with van der Waals surface area (Å²) in [5.74, 6) is 0. The highest BCUT2D eigenvalue weighted by atomic mass is 32.1. The molecule has 0 unspecified atom stereocenters. The van der Waals surface area contributed by atoms with Gasteiger partial charge in [-0.05, 0) is 18.3 Å². The second-order valence-electron chi connectivity index (χ2n) is 2.39. The van der Waals surface area contributed by atoms with Crippen LogP contribution in [0.15, 0.2) is 29.6 Å². The van der Waals surface area contributed by atoms with E-state index in [-0.39, 0.29) is 5.11 Å². The Morgan fingerprint density at radius 3 is 3.08 bits per heavy atom. The molecule has 0 aromatic carbocycles. The third-order valence-corrected chi connectivity index (χ3v) is 1.65. The van der Waals surface area contributed by atoms with Crippen LogP contribution in [0.4, 0.5) is 0 Å². The minimum atomic E-state index is 0.236. The summed E-state index contributed by atoms with van der Waals surface area (Å²) >= 11 is 4.71. The van der Waals surface area contributed by atoms with Crippen LogP contribution in [-0.2, 0) is 0 Å². The Kier molecular flexibility index (Phi) is 3.33. The quantitative estimate of drug-likeness (QED) is 0.425. The molecule has 4 nitrogen and oxygen atoms in total. The molecule has 2 N–H and O–H groups in total. The predicted molar refractivity (Wildman–Crippen MR) is 56.4 cm³/mol. The van der Waals surface area contributed by atoms with E-state index in [2.05, 4.69) is 10.1 Å². The van der Waals surface area contributed by atoms with Gasteiger partial charge in [-0.15, -0.1) is 0 Å². The Labute approximate surface area is 82.1 Å². The summed E-state index contributed by atoms with van der Waals surface area (Å²) in [6, 6.07) is 3.73. The first-order chi connectivity index (χ1) is 6.20. The monoisotopic (exact) mass is 194 g/mol. The smallest absolute Gasteiger partial charge is 0.186 e. The molecular formula is C8H10N4S. The summed E-state index contributed by atoms with van der Waals surface area (Å²) in [5.41, 5.74) is 6.24. The van der Waals surface area contributed by atoms with Gasteiger partial charge in [0.2, 0.25) is 0 Å². The second-order valence-corrected chi connectivity index (χ2v) is 2.81. The molecule has 1 aromatic heterocycles. The van der Waals surface area contributed by atoms with E-state index in [9.17, 15) is 0 Å². The fraction of sp³-hybridized carbons (Fsp3) is 0.125. The highest BCUT2D eigenvalue weighted by Gasteiger charge is 1.92. The van der Waals surface area contributed by atoms with Crippen molar-refractivity contribution in [2.75, 3.05) is 7.05 Å². The van der Waals surface area contributed by atoms with E-state index in [1.165, 1.54) is 5.01 Å². The fourth-order valence-electron chi connectivity index (χ4n) is 0.663. The molecule has 0 saturated carbocycles. The summed E-state index contributed by atoms with van der Waals surface area (Å²) < 4.78 is 0. The van der Waals surface area contributed by atoms with Gasteiger partial charge in [0.05, 0.1) is 6.21 Å². The van der Waals surface area contributed by atoms with Gasteiger partial charge >= 0.3 is 0 Å². The van der Waals surface area contributed by atoms with Crippen molar-refractivity contribution in [3.8, 4) is 0 Å². The van der Waals surface area contributed by atoms with Crippen molar-refractivity contribution in [3.05, 3.63) is 30.1 Å². The highest BCUT2D eigenvalue weighted by Crippen LogP contribution is 1.91. The molecule has 5 heteroatoms. The molecular weight excluding hydrogens is 184 g/mol. The van der Waals surface area contributed by atoms with Crippen LogP contribution in [0, 0.1) is 0 Å². The third-order valence-electron chi connectivity index (χ3n) is 1.38. The Balaban J connectivity index is 2.64. The first-order valence-electron chi connectivity index (χ1n) is 3.67. The van der Waals surface area contributed by atoms with Gasteiger partial charge in [0, 0.05) is 25.0 Å². The van der Waals surface area contributed by atoms with E-state index in [4.69, 9.17) is 18.0 Å². The molecule has 0 atom stereocenters. The lowest BCUT2D eigenvalue weighted by atomic mass is 10.3. The molecule has 0 aliphatic rings. The maximum atomic E-state index is 5.33. The zero-order valence-electron chi connectivity index (χ0n) is 7.21. The summed E-state index contributed by atoms with van der Waals surface area (Å²) in [6.45, 7) is 0. The van der Waals surface area contributed by atoms with Crippen molar-refractivity contribution in [2.24, 2.45) is 10.8 Å². The first-order valence-corrected chi connectivity index (χ1v) is 4.08. The Hall–Kier alpha value is -1.49. The molecule has 68 valence electrons. The fourth-order valence-corrected chi connectivity index (χ4v) is 0.710. The topological polar surface area (TPSA) is 54.5 Å². The summed E-state index contributed by atoms with van der Waals surface area (Å²) in [7, 11) is 1.69. The van der Waals surface area contributed by atoms with Crippen molar-refractivity contribution in [2.45, 2.75) is 0 Å². The number of nitrogens with zero attached hydrogens (tertiary/aromatic N) is 3. The molecule has 1 aromatic rings. The number of hydrazone groups is 1. The number of rotatable bonds is 2. The van der Waals surface area contributed by atoms with Gasteiger partial charge in [-0.25, -0.2) is 5.01 Å². The normalized spacial score (nSPS) is 10.2. The maximum Gasteiger partial charge on any atom is 0.186 e. The Bertz CT molecular complexity index is 309. The molecule has 0 bridgehead atoms. The lowest BCUT2D eigenvalue weighted by Gasteiger charge is -2.08. The lowest BCUT2D eigenvalue weighted by Crippen LogP contribution is -2.27. The van der Waals surface area contributed by atoms with E-state index in [0.717, 1.165) is 5.56 Å². The van der Waals surface area contributed by atoms with Gasteiger partial charge in [-0.1, -0.05) is 6.07 Å². The molecule has 0 aliphatic carbocycles. The minimum absolute atomic E-state index is 0.236. The number of aromatic nitrogens is 1. The van der Waals surface area contributed by atoms with Gasteiger partial charge in [-0.2, -0.15) is 5.10 Å². The molecule has 1 heterocycles. The van der Waals surface area contributed by atoms with Gasteiger partial charge in [0.1, 0.15) is 0 Å². The maximum absolute atomic E-state index is 5.33. The molecule has 0 aliphatic heterocycles. The van der Waals surface area contributed by atoms with Crippen LogP contribution in [0.2, 0.25) is 0 Å². The van der Waals surface area contributed by atoms with Gasteiger partial charge in [0.15, 0.2) is 5.11 Å². The van der Waals surface area contributed by atoms with Crippen LogP contribution >= 0.6 is 12.2 Å². The first kappa shape index (κ1) is 9.60. The van der Waals surface area contributed by atoms with Crippen LogP contribution in [0.5, 0.6) is 0 Å². The average molecular weight is 194 g/mol.